The molecule has 9 heteroatoms. The van der Waals surface area contributed by atoms with Gasteiger partial charge in [-0.2, -0.15) is 18.4 Å². The average Bonchev–Trinajstić information content (AvgIpc) is 3.77. The van der Waals surface area contributed by atoms with E-state index in [9.17, 15) is 27.6 Å². The number of hydrogen-bond donors (Lipinski definition) is 1. The molecule has 40 heavy (non-hydrogen) atoms. The monoisotopic (exact) mass is 550 g/mol. The van der Waals surface area contributed by atoms with E-state index in [1.54, 1.807) is 35.2 Å². The van der Waals surface area contributed by atoms with Crippen LogP contribution in [-0.4, -0.2) is 37.1 Å². The van der Waals surface area contributed by atoms with Crippen molar-refractivity contribution in [1.82, 2.24) is 4.90 Å². The molecule has 5 rings (SSSR count). The van der Waals surface area contributed by atoms with E-state index in [0.29, 0.717) is 29.9 Å². The third-order valence-corrected chi connectivity index (χ3v) is 7.63. The number of rotatable bonds is 7. The average molecular weight is 551 g/mol. The van der Waals surface area contributed by atoms with Crippen molar-refractivity contribution < 1.29 is 22.4 Å². The molecule has 0 atom stereocenters. The van der Waals surface area contributed by atoms with Crippen LogP contribution in [0.5, 0.6) is 0 Å². The highest BCUT2D eigenvalue weighted by Crippen LogP contribution is 2.34. The molecule has 5 nitrogen and oxygen atoms in total. The first-order chi connectivity index (χ1) is 19.2. The second kappa shape index (κ2) is 11.7. The number of carbonyl (C=O) groups is 1. The van der Waals surface area contributed by atoms with Gasteiger partial charge in [-0.1, -0.05) is 24.3 Å². The maximum Gasteiger partial charge on any atom is 0.419 e. The second-order valence-electron chi connectivity index (χ2n) is 10.7. The minimum atomic E-state index is -4.88. The van der Waals surface area contributed by atoms with E-state index in [0.717, 1.165) is 55.6 Å². The number of anilines is 2. The molecule has 1 aliphatic heterocycles. The first-order valence-corrected chi connectivity index (χ1v) is 13.5. The van der Waals surface area contributed by atoms with Gasteiger partial charge in [0.1, 0.15) is 5.82 Å². The summed E-state index contributed by atoms with van der Waals surface area (Å²) >= 11 is 0. The minimum absolute atomic E-state index is 0.132. The molecule has 0 radical (unpaired) electrons. The number of nitrogens with zero attached hydrogens (tertiary/aromatic N) is 3. The van der Waals surface area contributed by atoms with Crippen LogP contribution in [0.15, 0.2) is 66.7 Å². The van der Waals surface area contributed by atoms with Gasteiger partial charge < -0.3 is 10.2 Å². The number of halogens is 4. The zero-order valence-electron chi connectivity index (χ0n) is 21.9. The maximum absolute atomic E-state index is 13.8. The van der Waals surface area contributed by atoms with Crippen LogP contribution in [0.4, 0.5) is 33.7 Å². The lowest BCUT2D eigenvalue weighted by molar-refractivity contribution is -0.139. The van der Waals surface area contributed by atoms with Crippen LogP contribution >= 0.6 is 0 Å². The van der Waals surface area contributed by atoms with E-state index in [1.807, 2.05) is 18.2 Å². The SMILES string of the molecule is N#Cc1cccc(-c2ccc(N(CC3CCN(CC4CC4)CC3)C(=O)Nc3ccc(F)c(C(F)(F)F)c3)cc2)c1. The lowest BCUT2D eigenvalue weighted by atomic mass is 9.95. The van der Waals surface area contributed by atoms with Crippen LogP contribution in [0.1, 0.15) is 36.8 Å². The molecule has 1 saturated carbocycles. The van der Waals surface area contributed by atoms with Crippen molar-refractivity contribution in [2.75, 3.05) is 36.4 Å². The van der Waals surface area contributed by atoms with Gasteiger partial charge in [0, 0.05) is 24.5 Å². The lowest BCUT2D eigenvalue weighted by Gasteiger charge is -2.35. The zero-order valence-corrected chi connectivity index (χ0v) is 21.9. The molecule has 1 aliphatic carbocycles. The van der Waals surface area contributed by atoms with Gasteiger partial charge in [-0.15, -0.1) is 0 Å². The first kappa shape index (κ1) is 27.7. The number of hydrogen-bond acceptors (Lipinski definition) is 3. The molecule has 3 aromatic carbocycles. The summed E-state index contributed by atoms with van der Waals surface area (Å²) in [6.45, 7) is 3.44. The van der Waals surface area contributed by atoms with Gasteiger partial charge in [-0.3, -0.25) is 4.90 Å². The van der Waals surface area contributed by atoms with Crippen molar-refractivity contribution in [1.29, 1.82) is 5.26 Å². The van der Waals surface area contributed by atoms with E-state index in [-0.39, 0.29) is 11.6 Å². The van der Waals surface area contributed by atoms with Crippen molar-refractivity contribution >= 4 is 17.4 Å². The number of amides is 2. The molecule has 1 heterocycles. The lowest BCUT2D eigenvalue weighted by Crippen LogP contribution is -2.43. The summed E-state index contributed by atoms with van der Waals surface area (Å²) in [6, 6.07) is 18.5. The number of piperidine rings is 1. The number of nitriles is 1. The summed E-state index contributed by atoms with van der Waals surface area (Å²) in [5, 5.41) is 11.8. The van der Waals surface area contributed by atoms with Gasteiger partial charge in [0.05, 0.1) is 17.2 Å². The van der Waals surface area contributed by atoms with E-state index >= 15 is 0 Å². The summed E-state index contributed by atoms with van der Waals surface area (Å²) in [5.74, 6) is -0.355. The standard InChI is InChI=1S/C31H30F4N4O/c32-29-11-8-26(17-28(29)31(33,34)35)37-30(40)39(20-22-12-14-38(15-13-22)19-21-4-5-21)27-9-6-24(7-10-27)25-3-1-2-23(16-25)18-36/h1-3,6-11,16-17,21-22H,4-5,12-15,19-20H2,(H,37,40). The van der Waals surface area contributed by atoms with Gasteiger partial charge in [0.2, 0.25) is 0 Å². The molecule has 208 valence electrons. The van der Waals surface area contributed by atoms with Crippen molar-refractivity contribution in [2.45, 2.75) is 31.9 Å². The zero-order chi connectivity index (χ0) is 28.3. The molecule has 1 N–H and O–H groups in total. The highest BCUT2D eigenvalue weighted by molar-refractivity contribution is 6.02. The summed E-state index contributed by atoms with van der Waals surface area (Å²) in [4.78, 5) is 17.5. The summed E-state index contributed by atoms with van der Waals surface area (Å²) in [7, 11) is 0. The van der Waals surface area contributed by atoms with Gasteiger partial charge >= 0.3 is 12.2 Å². The van der Waals surface area contributed by atoms with Gasteiger partial charge in [-0.25, -0.2) is 9.18 Å². The predicted molar refractivity (Wildman–Crippen MR) is 146 cm³/mol. The highest BCUT2D eigenvalue weighted by atomic mass is 19.4. The number of likely N-dealkylation sites (tertiary alicyclic amines) is 1. The van der Waals surface area contributed by atoms with Crippen molar-refractivity contribution in [3.05, 3.63) is 83.7 Å². The molecule has 0 unspecified atom stereocenters. The van der Waals surface area contributed by atoms with Crippen molar-refractivity contribution in [3.63, 3.8) is 0 Å². The van der Waals surface area contributed by atoms with Crippen LogP contribution in [0.2, 0.25) is 0 Å². The van der Waals surface area contributed by atoms with E-state index in [4.69, 9.17) is 0 Å². The van der Waals surface area contributed by atoms with Crippen LogP contribution in [-0.2, 0) is 6.18 Å². The van der Waals surface area contributed by atoms with Crippen LogP contribution in [0.3, 0.4) is 0 Å². The number of urea groups is 1. The maximum atomic E-state index is 13.8. The van der Waals surface area contributed by atoms with Crippen LogP contribution in [0.25, 0.3) is 11.1 Å². The number of benzene rings is 3. The molecular formula is C31H30F4N4O. The van der Waals surface area contributed by atoms with E-state index in [1.165, 1.54) is 12.8 Å². The Bertz CT molecular complexity index is 1390. The Morgan fingerprint density at radius 1 is 0.950 bits per heavy atom. The second-order valence-corrected chi connectivity index (χ2v) is 10.7. The Morgan fingerprint density at radius 2 is 1.68 bits per heavy atom. The molecule has 0 aromatic heterocycles. The fraction of sp³-hybridized carbons (Fsp3) is 0.355. The Labute approximate surface area is 231 Å². The Kier molecular flexibility index (Phi) is 8.08. The third kappa shape index (κ3) is 6.80. The van der Waals surface area contributed by atoms with Crippen LogP contribution < -0.4 is 10.2 Å². The highest BCUT2D eigenvalue weighted by Gasteiger charge is 2.35. The van der Waals surface area contributed by atoms with Crippen LogP contribution in [0, 0.1) is 29.0 Å². The summed E-state index contributed by atoms with van der Waals surface area (Å²) in [5.41, 5.74) is 1.29. The first-order valence-electron chi connectivity index (χ1n) is 13.5. The van der Waals surface area contributed by atoms with Gasteiger partial charge in [0.15, 0.2) is 0 Å². The Hall–Kier alpha value is -3.90. The number of nitrogens with one attached hydrogen (secondary N) is 1. The van der Waals surface area contributed by atoms with E-state index in [2.05, 4.69) is 16.3 Å². The molecular weight excluding hydrogens is 520 g/mol. The molecule has 0 bridgehead atoms. The van der Waals surface area contributed by atoms with E-state index < -0.39 is 23.6 Å². The van der Waals surface area contributed by atoms with Gasteiger partial charge in [0.25, 0.3) is 0 Å². The molecule has 1 saturated heterocycles. The molecule has 3 aromatic rings. The minimum Gasteiger partial charge on any atom is -0.308 e. The topological polar surface area (TPSA) is 59.4 Å². The predicted octanol–water partition coefficient (Wildman–Crippen LogP) is 7.54. The molecule has 0 spiro atoms. The quantitative estimate of drug-likeness (QED) is 0.309. The normalized spacial score (nSPS) is 16.4. The van der Waals surface area contributed by atoms with Crippen molar-refractivity contribution in [3.8, 4) is 17.2 Å². The summed E-state index contributed by atoms with van der Waals surface area (Å²) in [6.07, 6.45) is -0.444. The fourth-order valence-electron chi connectivity index (χ4n) is 5.19. The third-order valence-electron chi connectivity index (χ3n) is 7.63. The van der Waals surface area contributed by atoms with Crippen molar-refractivity contribution in [2.24, 2.45) is 11.8 Å². The Morgan fingerprint density at radius 3 is 2.33 bits per heavy atom. The molecule has 2 fully saturated rings. The number of carbonyl (C=O) groups excluding carboxylic acids is 1. The summed E-state index contributed by atoms with van der Waals surface area (Å²) < 4.78 is 53.6. The Balaban J connectivity index is 1.36. The van der Waals surface area contributed by atoms with Gasteiger partial charge in [-0.05, 0) is 104 Å². The largest absolute Gasteiger partial charge is 0.419 e. The number of alkyl halides is 3. The fourth-order valence-corrected chi connectivity index (χ4v) is 5.19. The molecule has 2 amide bonds. The molecule has 2 aliphatic rings. The smallest absolute Gasteiger partial charge is 0.308 e.